The van der Waals surface area contributed by atoms with Gasteiger partial charge in [-0.05, 0) is 42.7 Å². The van der Waals surface area contributed by atoms with Crippen LogP contribution in [0.5, 0.6) is 11.5 Å². The first-order valence-electron chi connectivity index (χ1n) is 8.87. The van der Waals surface area contributed by atoms with Crippen LogP contribution in [0.15, 0.2) is 53.6 Å². The molecule has 8 heteroatoms. The van der Waals surface area contributed by atoms with Gasteiger partial charge >= 0.3 is 6.03 Å². The van der Waals surface area contributed by atoms with Crippen molar-refractivity contribution < 1.29 is 19.1 Å². The van der Waals surface area contributed by atoms with Gasteiger partial charge in [0.15, 0.2) is 18.1 Å². The van der Waals surface area contributed by atoms with E-state index in [0.29, 0.717) is 30.2 Å². The van der Waals surface area contributed by atoms with Crippen LogP contribution in [0, 0.1) is 0 Å². The number of benzene rings is 2. The molecule has 0 spiro atoms. The Morgan fingerprint density at radius 3 is 2.61 bits per heavy atom. The van der Waals surface area contributed by atoms with E-state index in [4.69, 9.17) is 15.2 Å². The zero-order valence-corrected chi connectivity index (χ0v) is 15.7. The van der Waals surface area contributed by atoms with Crippen molar-refractivity contribution in [3.05, 3.63) is 59.7 Å². The molecule has 0 aliphatic heterocycles. The van der Waals surface area contributed by atoms with E-state index in [-0.39, 0.29) is 12.5 Å². The number of carbonyl (C=O) groups is 2. The number of nitrogens with zero attached hydrogens (tertiary/aromatic N) is 1. The lowest BCUT2D eigenvalue weighted by Gasteiger charge is -2.12. The second-order valence-electron chi connectivity index (χ2n) is 5.75. The van der Waals surface area contributed by atoms with E-state index < -0.39 is 6.03 Å². The Balaban J connectivity index is 1.86. The van der Waals surface area contributed by atoms with Gasteiger partial charge in [0.25, 0.3) is 5.91 Å². The zero-order chi connectivity index (χ0) is 20.2. The highest BCUT2D eigenvalue weighted by molar-refractivity contribution is 5.82. The van der Waals surface area contributed by atoms with E-state index in [1.54, 1.807) is 18.2 Å². The Kier molecular flexibility index (Phi) is 8.32. The van der Waals surface area contributed by atoms with E-state index in [2.05, 4.69) is 15.8 Å². The van der Waals surface area contributed by atoms with E-state index in [1.807, 2.05) is 37.3 Å². The fraction of sp³-hybridized carbons (Fsp3) is 0.250. The lowest BCUT2D eigenvalue weighted by molar-refractivity contribution is -0.123. The molecule has 28 heavy (non-hydrogen) atoms. The minimum Gasteiger partial charge on any atom is -0.490 e. The van der Waals surface area contributed by atoms with Crippen molar-refractivity contribution in [3.63, 3.8) is 0 Å². The van der Waals surface area contributed by atoms with E-state index in [9.17, 15) is 9.59 Å². The van der Waals surface area contributed by atoms with Gasteiger partial charge in [-0.25, -0.2) is 10.2 Å². The Hall–Kier alpha value is -3.55. The molecule has 0 aliphatic carbocycles. The van der Waals surface area contributed by atoms with Crippen LogP contribution in [0.3, 0.4) is 0 Å². The fourth-order valence-corrected chi connectivity index (χ4v) is 2.35. The number of carbonyl (C=O) groups excluding carboxylic acids is 2. The number of hydrogen-bond acceptors (Lipinski definition) is 5. The molecule has 0 radical (unpaired) electrons. The first kappa shape index (κ1) is 20.8. The van der Waals surface area contributed by atoms with Gasteiger partial charge in [0, 0.05) is 6.54 Å². The third-order valence-electron chi connectivity index (χ3n) is 3.59. The minimum atomic E-state index is -0.750. The van der Waals surface area contributed by atoms with Gasteiger partial charge in [-0.2, -0.15) is 5.10 Å². The van der Waals surface area contributed by atoms with Crippen molar-refractivity contribution in [1.29, 1.82) is 0 Å². The first-order valence-corrected chi connectivity index (χ1v) is 8.87. The molecule has 8 nitrogen and oxygen atoms in total. The van der Waals surface area contributed by atoms with Gasteiger partial charge in [0.1, 0.15) is 0 Å². The quantitative estimate of drug-likeness (QED) is 0.428. The summed E-state index contributed by atoms with van der Waals surface area (Å²) in [5, 5.41) is 6.52. The topological polar surface area (TPSA) is 115 Å². The number of amides is 3. The van der Waals surface area contributed by atoms with Crippen LogP contribution in [-0.2, 0) is 11.2 Å². The number of rotatable bonds is 10. The number of urea groups is 1. The number of ether oxygens (including phenoxy) is 2. The van der Waals surface area contributed by atoms with Gasteiger partial charge in [0.05, 0.1) is 12.8 Å². The van der Waals surface area contributed by atoms with Crippen LogP contribution in [0.1, 0.15) is 18.1 Å². The molecule has 2 aromatic carbocycles. The second kappa shape index (κ2) is 11.2. The van der Waals surface area contributed by atoms with Crippen molar-refractivity contribution in [1.82, 2.24) is 10.7 Å². The summed E-state index contributed by atoms with van der Waals surface area (Å²) in [6.45, 7) is 2.69. The summed E-state index contributed by atoms with van der Waals surface area (Å²) < 4.78 is 11.1. The molecule has 0 saturated carbocycles. The van der Waals surface area contributed by atoms with Crippen molar-refractivity contribution >= 4 is 18.2 Å². The summed E-state index contributed by atoms with van der Waals surface area (Å²) in [4.78, 5) is 22.6. The molecule has 0 fully saturated rings. The summed E-state index contributed by atoms with van der Waals surface area (Å²) in [6.07, 6.45) is 2.18. The fourth-order valence-electron chi connectivity index (χ4n) is 2.35. The van der Waals surface area contributed by atoms with E-state index in [0.717, 1.165) is 12.0 Å². The summed E-state index contributed by atoms with van der Waals surface area (Å²) in [5.41, 5.74) is 8.90. The highest BCUT2D eigenvalue weighted by Crippen LogP contribution is 2.28. The average Bonchev–Trinajstić information content (AvgIpc) is 2.68. The summed E-state index contributed by atoms with van der Waals surface area (Å²) >= 11 is 0. The maximum Gasteiger partial charge on any atom is 0.332 e. The van der Waals surface area contributed by atoms with Crippen LogP contribution < -0.4 is 25.9 Å². The van der Waals surface area contributed by atoms with Crippen LogP contribution >= 0.6 is 0 Å². The zero-order valence-electron chi connectivity index (χ0n) is 15.7. The van der Waals surface area contributed by atoms with E-state index in [1.165, 1.54) is 6.21 Å². The molecule has 0 bridgehead atoms. The molecule has 0 aliphatic rings. The number of hydrazone groups is 1. The molecule has 2 aromatic rings. The minimum absolute atomic E-state index is 0.120. The molecule has 0 atom stereocenters. The largest absolute Gasteiger partial charge is 0.490 e. The molecule has 0 heterocycles. The van der Waals surface area contributed by atoms with Gasteiger partial charge in [-0.3, -0.25) is 4.79 Å². The van der Waals surface area contributed by atoms with Gasteiger partial charge < -0.3 is 20.5 Å². The normalized spacial score (nSPS) is 10.5. The van der Waals surface area contributed by atoms with Crippen molar-refractivity contribution in [2.75, 3.05) is 19.8 Å². The molecule has 0 unspecified atom stereocenters. The Morgan fingerprint density at radius 1 is 1.11 bits per heavy atom. The molecule has 0 aromatic heterocycles. The van der Waals surface area contributed by atoms with Gasteiger partial charge in [0.2, 0.25) is 0 Å². The Morgan fingerprint density at radius 2 is 1.89 bits per heavy atom. The van der Waals surface area contributed by atoms with Gasteiger partial charge in [-0.15, -0.1) is 0 Å². The molecule has 148 valence electrons. The van der Waals surface area contributed by atoms with Gasteiger partial charge in [-0.1, -0.05) is 30.3 Å². The Labute approximate surface area is 163 Å². The van der Waals surface area contributed by atoms with Crippen molar-refractivity contribution in [3.8, 4) is 11.5 Å². The van der Waals surface area contributed by atoms with Crippen molar-refractivity contribution in [2.45, 2.75) is 13.3 Å². The SMILES string of the molecule is CCOc1cc(/C=N/NC(N)=O)ccc1OCC(=O)NCCc1ccccc1. The first-order chi connectivity index (χ1) is 13.6. The summed E-state index contributed by atoms with van der Waals surface area (Å²) in [5.74, 6) is 0.706. The van der Waals surface area contributed by atoms with Crippen LogP contribution in [-0.4, -0.2) is 37.9 Å². The highest BCUT2D eigenvalue weighted by atomic mass is 16.5. The maximum atomic E-state index is 12.0. The monoisotopic (exact) mass is 384 g/mol. The van der Waals surface area contributed by atoms with Crippen LogP contribution in [0.2, 0.25) is 0 Å². The van der Waals surface area contributed by atoms with Crippen molar-refractivity contribution in [2.24, 2.45) is 10.8 Å². The molecule has 0 saturated heterocycles. The number of nitrogens with two attached hydrogens (primary N) is 1. The number of hydrogen-bond donors (Lipinski definition) is 3. The second-order valence-corrected chi connectivity index (χ2v) is 5.75. The molecular formula is C20H24N4O4. The molecule has 4 N–H and O–H groups in total. The standard InChI is InChI=1S/C20H24N4O4/c1-2-27-18-12-16(13-23-24-20(21)26)8-9-17(18)28-14-19(25)22-11-10-15-6-4-3-5-7-15/h3-9,12-13H,2,10-11,14H2,1H3,(H,22,25)(H3,21,24,26)/b23-13+. The number of nitrogens with one attached hydrogen (secondary N) is 2. The summed E-state index contributed by atoms with van der Waals surface area (Å²) in [6, 6.07) is 14.3. The molecule has 3 amide bonds. The smallest absolute Gasteiger partial charge is 0.332 e. The maximum absolute atomic E-state index is 12.0. The lowest BCUT2D eigenvalue weighted by atomic mass is 10.1. The third-order valence-corrected chi connectivity index (χ3v) is 3.59. The highest BCUT2D eigenvalue weighted by Gasteiger charge is 2.09. The predicted molar refractivity (Wildman–Crippen MR) is 107 cm³/mol. The lowest BCUT2D eigenvalue weighted by Crippen LogP contribution is -2.30. The average molecular weight is 384 g/mol. The molecular weight excluding hydrogens is 360 g/mol. The third kappa shape index (κ3) is 7.36. The summed E-state index contributed by atoms with van der Waals surface area (Å²) in [7, 11) is 0. The molecule has 2 rings (SSSR count). The van der Waals surface area contributed by atoms with E-state index >= 15 is 0 Å². The number of primary amides is 1. The van der Waals surface area contributed by atoms with Crippen LogP contribution in [0.25, 0.3) is 0 Å². The Bertz CT molecular complexity index is 809. The predicted octanol–water partition coefficient (Wildman–Crippen LogP) is 1.83. The van der Waals surface area contributed by atoms with Crippen LogP contribution in [0.4, 0.5) is 4.79 Å².